The summed E-state index contributed by atoms with van der Waals surface area (Å²) in [7, 11) is -3.72. The molecule has 0 aromatic heterocycles. The fraction of sp³-hybridized carbons (Fsp3) is 0.118. The van der Waals surface area contributed by atoms with Gasteiger partial charge in [-0.1, -0.05) is 11.8 Å². The van der Waals surface area contributed by atoms with Crippen molar-refractivity contribution in [1.29, 1.82) is 0 Å². The molecule has 0 fully saturated rings. The van der Waals surface area contributed by atoms with Crippen LogP contribution in [0.5, 0.6) is 0 Å². The topological polar surface area (TPSA) is 75.3 Å². The standard InChI is InChI=1S/C17H15FN2O3S/c1-13(21)20-16-8-4-14(5-9-16)3-2-12-19-24(22,23)17-10-6-15(18)7-11-17/h4-11,19H,12H2,1H3,(H,20,21). The molecule has 0 aliphatic heterocycles. The van der Waals surface area contributed by atoms with Gasteiger partial charge in [-0.2, -0.15) is 4.72 Å². The van der Waals surface area contributed by atoms with Crippen LogP contribution in [0.25, 0.3) is 0 Å². The molecule has 0 unspecified atom stereocenters. The zero-order valence-electron chi connectivity index (χ0n) is 12.8. The summed E-state index contributed by atoms with van der Waals surface area (Å²) in [5.41, 5.74) is 1.34. The lowest BCUT2D eigenvalue weighted by Crippen LogP contribution is -2.23. The van der Waals surface area contributed by atoms with Crippen molar-refractivity contribution in [3.8, 4) is 11.8 Å². The highest BCUT2D eigenvalue weighted by atomic mass is 32.2. The van der Waals surface area contributed by atoms with Crippen LogP contribution in [0.1, 0.15) is 12.5 Å². The minimum absolute atomic E-state index is 0.0228. The SMILES string of the molecule is CC(=O)Nc1ccc(C#CCNS(=O)(=O)c2ccc(F)cc2)cc1. The molecule has 0 aliphatic carbocycles. The van der Waals surface area contributed by atoms with Crippen LogP contribution in [0.3, 0.4) is 0 Å². The van der Waals surface area contributed by atoms with Crippen LogP contribution >= 0.6 is 0 Å². The fourth-order valence-corrected chi connectivity index (χ4v) is 2.74. The van der Waals surface area contributed by atoms with Gasteiger partial charge in [0.1, 0.15) is 5.82 Å². The van der Waals surface area contributed by atoms with Gasteiger partial charge in [-0.25, -0.2) is 12.8 Å². The van der Waals surface area contributed by atoms with Crippen molar-refractivity contribution < 1.29 is 17.6 Å². The number of amides is 1. The predicted molar refractivity (Wildman–Crippen MR) is 89.2 cm³/mol. The van der Waals surface area contributed by atoms with E-state index in [0.29, 0.717) is 11.3 Å². The highest BCUT2D eigenvalue weighted by molar-refractivity contribution is 7.89. The van der Waals surface area contributed by atoms with Crippen LogP contribution in [-0.2, 0) is 14.8 Å². The number of carbonyl (C=O) groups is 1. The third kappa shape index (κ3) is 5.19. The summed E-state index contributed by atoms with van der Waals surface area (Å²) in [5.74, 6) is 4.84. The molecule has 2 aromatic rings. The number of halogens is 1. The van der Waals surface area contributed by atoms with E-state index in [4.69, 9.17) is 0 Å². The number of rotatable bonds is 4. The van der Waals surface area contributed by atoms with Crippen molar-refractivity contribution in [2.75, 3.05) is 11.9 Å². The second-order valence-corrected chi connectivity index (χ2v) is 6.61. The lowest BCUT2D eigenvalue weighted by atomic mass is 10.2. The Bertz CT molecular complexity index is 880. The zero-order valence-corrected chi connectivity index (χ0v) is 13.7. The average molecular weight is 346 g/mol. The molecule has 0 spiro atoms. The number of anilines is 1. The predicted octanol–water partition coefficient (Wildman–Crippen LogP) is 2.11. The summed E-state index contributed by atoms with van der Waals surface area (Å²) in [6.45, 7) is 1.34. The Morgan fingerprint density at radius 3 is 2.29 bits per heavy atom. The summed E-state index contributed by atoms with van der Waals surface area (Å²) in [6.07, 6.45) is 0. The first-order valence-electron chi connectivity index (χ1n) is 6.98. The van der Waals surface area contributed by atoms with Crippen LogP contribution in [0, 0.1) is 17.7 Å². The van der Waals surface area contributed by atoms with Crippen LogP contribution in [0.15, 0.2) is 53.4 Å². The molecule has 0 bridgehead atoms. The maximum atomic E-state index is 12.8. The molecule has 2 aromatic carbocycles. The van der Waals surface area contributed by atoms with Crippen LogP contribution in [0.2, 0.25) is 0 Å². The van der Waals surface area contributed by atoms with Crippen LogP contribution in [-0.4, -0.2) is 20.9 Å². The van der Waals surface area contributed by atoms with Gasteiger partial charge in [0, 0.05) is 18.2 Å². The lowest BCUT2D eigenvalue weighted by molar-refractivity contribution is -0.114. The van der Waals surface area contributed by atoms with E-state index in [1.165, 1.54) is 19.1 Å². The Kier molecular flexibility index (Phi) is 5.68. The van der Waals surface area contributed by atoms with E-state index in [-0.39, 0.29) is 17.3 Å². The van der Waals surface area contributed by atoms with E-state index in [2.05, 4.69) is 21.9 Å². The Labute approximate surface area is 139 Å². The summed E-state index contributed by atoms with van der Waals surface area (Å²) >= 11 is 0. The lowest BCUT2D eigenvalue weighted by Gasteiger charge is -2.03. The smallest absolute Gasteiger partial charge is 0.241 e. The monoisotopic (exact) mass is 346 g/mol. The van der Waals surface area contributed by atoms with Crippen LogP contribution in [0.4, 0.5) is 10.1 Å². The Morgan fingerprint density at radius 1 is 1.08 bits per heavy atom. The van der Waals surface area contributed by atoms with E-state index in [9.17, 15) is 17.6 Å². The maximum absolute atomic E-state index is 12.8. The molecule has 24 heavy (non-hydrogen) atoms. The van der Waals surface area contributed by atoms with Crippen molar-refractivity contribution in [2.24, 2.45) is 0 Å². The maximum Gasteiger partial charge on any atom is 0.241 e. The van der Waals surface area contributed by atoms with E-state index in [1.54, 1.807) is 24.3 Å². The summed E-state index contributed by atoms with van der Waals surface area (Å²) in [4.78, 5) is 10.9. The quantitative estimate of drug-likeness (QED) is 0.833. The van der Waals surface area contributed by atoms with E-state index >= 15 is 0 Å². The number of hydrogen-bond acceptors (Lipinski definition) is 3. The van der Waals surface area contributed by atoms with Crippen molar-refractivity contribution >= 4 is 21.6 Å². The minimum Gasteiger partial charge on any atom is -0.326 e. The van der Waals surface area contributed by atoms with Gasteiger partial charge in [0.2, 0.25) is 15.9 Å². The van der Waals surface area contributed by atoms with E-state index in [0.717, 1.165) is 12.1 Å². The molecular weight excluding hydrogens is 331 g/mol. The first-order valence-corrected chi connectivity index (χ1v) is 8.47. The highest BCUT2D eigenvalue weighted by Crippen LogP contribution is 2.10. The molecule has 0 saturated carbocycles. The van der Waals surface area contributed by atoms with Crippen molar-refractivity contribution in [2.45, 2.75) is 11.8 Å². The summed E-state index contributed by atoms with van der Waals surface area (Å²) < 4.78 is 39.0. The molecule has 0 saturated heterocycles. The van der Waals surface area contributed by atoms with Gasteiger partial charge in [0.05, 0.1) is 11.4 Å². The molecule has 0 aliphatic rings. The normalized spacial score (nSPS) is 10.6. The molecule has 0 heterocycles. The average Bonchev–Trinajstić information content (AvgIpc) is 2.53. The molecule has 2 rings (SSSR count). The van der Waals surface area contributed by atoms with Gasteiger partial charge in [0.25, 0.3) is 0 Å². The third-order valence-corrected chi connectivity index (χ3v) is 4.33. The first-order chi connectivity index (χ1) is 11.4. The van der Waals surface area contributed by atoms with Gasteiger partial charge in [-0.05, 0) is 48.5 Å². The number of nitrogens with one attached hydrogen (secondary N) is 2. The Hall–Kier alpha value is -2.69. The van der Waals surface area contributed by atoms with Gasteiger partial charge in [0.15, 0.2) is 0 Å². The van der Waals surface area contributed by atoms with Gasteiger partial charge in [-0.15, -0.1) is 0 Å². The molecule has 124 valence electrons. The van der Waals surface area contributed by atoms with E-state index in [1.807, 2.05) is 0 Å². The number of sulfonamides is 1. The molecule has 2 N–H and O–H groups in total. The van der Waals surface area contributed by atoms with Crippen molar-refractivity contribution in [3.05, 3.63) is 59.9 Å². The van der Waals surface area contributed by atoms with Crippen molar-refractivity contribution in [1.82, 2.24) is 4.72 Å². The largest absolute Gasteiger partial charge is 0.326 e. The second kappa shape index (κ2) is 7.73. The molecule has 5 nitrogen and oxygen atoms in total. The van der Waals surface area contributed by atoms with Gasteiger partial charge >= 0.3 is 0 Å². The number of hydrogen-bond donors (Lipinski definition) is 2. The van der Waals surface area contributed by atoms with Crippen LogP contribution < -0.4 is 10.0 Å². The van der Waals surface area contributed by atoms with Crippen molar-refractivity contribution in [3.63, 3.8) is 0 Å². The molecule has 1 amide bonds. The minimum atomic E-state index is -3.72. The Morgan fingerprint density at radius 2 is 1.71 bits per heavy atom. The molecule has 0 atom stereocenters. The molecular formula is C17H15FN2O3S. The highest BCUT2D eigenvalue weighted by Gasteiger charge is 2.12. The second-order valence-electron chi connectivity index (χ2n) is 4.84. The zero-order chi connectivity index (χ0) is 17.6. The van der Waals surface area contributed by atoms with Gasteiger partial charge in [-0.3, -0.25) is 4.79 Å². The molecule has 0 radical (unpaired) electrons. The Balaban J connectivity index is 1.95. The number of benzene rings is 2. The third-order valence-electron chi connectivity index (χ3n) is 2.91. The molecule has 7 heteroatoms. The van der Waals surface area contributed by atoms with E-state index < -0.39 is 15.8 Å². The fourth-order valence-electron chi connectivity index (χ4n) is 1.81. The summed E-state index contributed by atoms with van der Waals surface area (Å²) in [5, 5.41) is 2.64. The summed E-state index contributed by atoms with van der Waals surface area (Å²) in [6, 6.07) is 11.4. The van der Waals surface area contributed by atoms with Gasteiger partial charge < -0.3 is 5.32 Å². The first kappa shape index (κ1) is 17.7. The number of carbonyl (C=O) groups excluding carboxylic acids is 1.